The van der Waals surface area contributed by atoms with Crippen LogP contribution in [0.15, 0.2) is 65.8 Å². The van der Waals surface area contributed by atoms with Crippen molar-refractivity contribution in [3.63, 3.8) is 0 Å². The molecule has 1 atom stereocenters. The van der Waals surface area contributed by atoms with Gasteiger partial charge in [-0.05, 0) is 52.7 Å². The maximum absolute atomic E-state index is 13.4. The van der Waals surface area contributed by atoms with Gasteiger partial charge in [-0.2, -0.15) is 4.68 Å². The number of tetrazole rings is 1. The Labute approximate surface area is 244 Å². The largest absolute Gasteiger partial charge is 0.449 e. The number of halogens is 1. The SMILES string of the molecule is COCCCOC(=O)Nc1ccc(-c2cnc([C@@H]3CCc4nc(-c5cc(Cl)ccc5-n5cnnn5)cc(=O)n43)[nH]2)cc1. The molecule has 0 fully saturated rings. The highest BCUT2D eigenvalue weighted by Crippen LogP contribution is 2.32. The predicted molar refractivity (Wildman–Crippen MR) is 154 cm³/mol. The molecule has 2 N–H and O–H groups in total. The minimum Gasteiger partial charge on any atom is -0.449 e. The minimum atomic E-state index is -0.522. The van der Waals surface area contributed by atoms with Crippen molar-refractivity contribution in [3.8, 4) is 28.2 Å². The molecule has 0 unspecified atom stereocenters. The number of methoxy groups -OCH3 is 1. The van der Waals surface area contributed by atoms with E-state index in [1.165, 1.54) is 17.1 Å². The van der Waals surface area contributed by atoms with Crippen molar-refractivity contribution in [2.24, 2.45) is 0 Å². The van der Waals surface area contributed by atoms with Crippen molar-refractivity contribution in [2.45, 2.75) is 25.3 Å². The number of rotatable bonds is 9. The Morgan fingerprint density at radius 1 is 1.17 bits per heavy atom. The number of benzene rings is 2. The molecule has 0 radical (unpaired) electrons. The first kappa shape index (κ1) is 27.3. The number of nitrogens with one attached hydrogen (secondary N) is 2. The third-order valence-electron chi connectivity index (χ3n) is 6.89. The number of ether oxygens (including phenoxy) is 2. The molecular weight excluding hydrogens is 562 g/mol. The number of aromatic nitrogens is 8. The van der Waals surface area contributed by atoms with E-state index in [9.17, 15) is 9.59 Å². The Morgan fingerprint density at radius 2 is 2.02 bits per heavy atom. The number of anilines is 1. The summed E-state index contributed by atoms with van der Waals surface area (Å²) in [5, 5.41) is 14.6. The zero-order valence-electron chi connectivity index (χ0n) is 22.5. The number of imidazole rings is 1. The number of fused-ring (bicyclic) bond motifs is 1. The second-order valence-corrected chi connectivity index (χ2v) is 10.0. The molecule has 14 heteroatoms. The molecule has 1 aliphatic rings. The molecule has 6 rings (SSSR count). The molecule has 5 aromatic rings. The topological polar surface area (TPSA) is 155 Å². The summed E-state index contributed by atoms with van der Waals surface area (Å²) in [5.41, 5.74) is 3.88. The zero-order chi connectivity index (χ0) is 29.1. The molecule has 1 amide bonds. The van der Waals surface area contributed by atoms with Crippen LogP contribution in [0.5, 0.6) is 0 Å². The lowest BCUT2D eigenvalue weighted by Gasteiger charge is -2.14. The van der Waals surface area contributed by atoms with Gasteiger partial charge in [0.2, 0.25) is 0 Å². The summed E-state index contributed by atoms with van der Waals surface area (Å²) < 4.78 is 13.3. The van der Waals surface area contributed by atoms with Gasteiger partial charge in [0, 0.05) is 48.9 Å². The molecule has 13 nitrogen and oxygen atoms in total. The fourth-order valence-corrected chi connectivity index (χ4v) is 5.11. The lowest BCUT2D eigenvalue weighted by molar-refractivity contribution is 0.134. The Hall–Kier alpha value is -4.88. The van der Waals surface area contributed by atoms with Crippen molar-refractivity contribution in [1.82, 2.24) is 39.7 Å². The van der Waals surface area contributed by atoms with E-state index in [0.29, 0.717) is 65.2 Å². The summed E-state index contributed by atoms with van der Waals surface area (Å²) in [6, 6.07) is 13.8. The highest BCUT2D eigenvalue weighted by molar-refractivity contribution is 6.31. The molecule has 0 spiro atoms. The van der Waals surface area contributed by atoms with Gasteiger partial charge in [0.25, 0.3) is 5.56 Å². The minimum absolute atomic E-state index is 0.192. The Kier molecular flexibility index (Phi) is 7.75. The van der Waals surface area contributed by atoms with E-state index in [-0.39, 0.29) is 18.2 Å². The number of aryl methyl sites for hydroxylation is 1. The standard InChI is InChI=1S/C28H26ClN9O4/c1-41-11-2-12-42-28(40)32-19-6-3-17(4-7-19)22-15-30-27(34-22)24-9-10-25-33-21(14-26(39)38(24)25)20-13-18(29)5-8-23(20)37-16-31-35-36-37/h3-8,13-16,24H,2,9-12H2,1H3,(H,30,34)(H,32,40)/t24-/m0/s1. The van der Waals surface area contributed by atoms with Gasteiger partial charge in [-0.15, -0.1) is 5.10 Å². The number of hydrogen-bond donors (Lipinski definition) is 2. The third kappa shape index (κ3) is 5.64. The van der Waals surface area contributed by atoms with Crippen LogP contribution in [0.25, 0.3) is 28.2 Å². The summed E-state index contributed by atoms with van der Waals surface area (Å²) in [4.78, 5) is 38.2. The van der Waals surface area contributed by atoms with Crippen LogP contribution in [0, 0.1) is 0 Å². The van der Waals surface area contributed by atoms with Gasteiger partial charge in [-0.1, -0.05) is 23.7 Å². The Balaban J connectivity index is 1.20. The molecule has 0 bridgehead atoms. The lowest BCUT2D eigenvalue weighted by atomic mass is 10.1. The van der Waals surface area contributed by atoms with Crippen LogP contribution in [-0.2, 0) is 15.9 Å². The number of amides is 1. The van der Waals surface area contributed by atoms with Gasteiger partial charge in [-0.3, -0.25) is 14.7 Å². The summed E-state index contributed by atoms with van der Waals surface area (Å²) in [5.74, 6) is 1.33. The molecule has 0 aliphatic carbocycles. The average molecular weight is 588 g/mol. The van der Waals surface area contributed by atoms with Gasteiger partial charge >= 0.3 is 6.09 Å². The van der Waals surface area contributed by atoms with Gasteiger partial charge in [0.05, 0.1) is 35.9 Å². The maximum atomic E-state index is 13.4. The number of carbonyl (C=O) groups excluding carboxylic acids is 1. The quantitative estimate of drug-likeness (QED) is 0.243. The van der Waals surface area contributed by atoms with Crippen molar-refractivity contribution >= 4 is 23.4 Å². The van der Waals surface area contributed by atoms with Crippen LogP contribution in [-0.4, -0.2) is 66.1 Å². The number of nitrogens with zero attached hydrogens (tertiary/aromatic N) is 7. The average Bonchev–Trinajstić information content (AvgIpc) is 3.77. The van der Waals surface area contributed by atoms with Crippen LogP contribution < -0.4 is 10.9 Å². The molecule has 2 aromatic carbocycles. The smallest absolute Gasteiger partial charge is 0.411 e. The first-order valence-electron chi connectivity index (χ1n) is 13.2. The van der Waals surface area contributed by atoms with Crippen molar-refractivity contribution in [1.29, 1.82) is 0 Å². The molecule has 4 heterocycles. The number of carbonyl (C=O) groups is 1. The van der Waals surface area contributed by atoms with E-state index in [0.717, 1.165) is 11.3 Å². The van der Waals surface area contributed by atoms with E-state index in [2.05, 4.69) is 30.8 Å². The fourth-order valence-electron chi connectivity index (χ4n) is 4.93. The molecular formula is C28H26ClN9O4. The molecule has 0 saturated heterocycles. The monoisotopic (exact) mass is 587 g/mol. The number of aromatic amines is 1. The van der Waals surface area contributed by atoms with E-state index in [4.69, 9.17) is 26.1 Å². The van der Waals surface area contributed by atoms with E-state index < -0.39 is 6.09 Å². The highest BCUT2D eigenvalue weighted by atomic mass is 35.5. The highest BCUT2D eigenvalue weighted by Gasteiger charge is 2.29. The van der Waals surface area contributed by atoms with Crippen LogP contribution in [0.1, 0.15) is 30.5 Å². The second-order valence-electron chi connectivity index (χ2n) is 9.60. The summed E-state index contributed by atoms with van der Waals surface area (Å²) in [6.07, 6.45) is 4.59. The normalized spacial score (nSPS) is 14.1. The summed E-state index contributed by atoms with van der Waals surface area (Å²) >= 11 is 6.29. The second kappa shape index (κ2) is 11.9. The van der Waals surface area contributed by atoms with Crippen molar-refractivity contribution < 1.29 is 14.3 Å². The van der Waals surface area contributed by atoms with Gasteiger partial charge < -0.3 is 14.5 Å². The van der Waals surface area contributed by atoms with Crippen molar-refractivity contribution in [2.75, 3.05) is 25.6 Å². The van der Waals surface area contributed by atoms with Crippen LogP contribution in [0.2, 0.25) is 5.02 Å². The van der Waals surface area contributed by atoms with Gasteiger partial charge in [0.1, 0.15) is 18.0 Å². The van der Waals surface area contributed by atoms with E-state index >= 15 is 0 Å². The third-order valence-corrected chi connectivity index (χ3v) is 7.12. The van der Waals surface area contributed by atoms with Crippen molar-refractivity contribution in [3.05, 3.63) is 88.1 Å². The summed E-state index contributed by atoms with van der Waals surface area (Å²) in [6.45, 7) is 0.806. The first-order chi connectivity index (χ1) is 20.5. The lowest BCUT2D eigenvalue weighted by Crippen LogP contribution is -2.25. The van der Waals surface area contributed by atoms with Gasteiger partial charge in [-0.25, -0.2) is 14.8 Å². The molecule has 42 heavy (non-hydrogen) atoms. The molecule has 3 aromatic heterocycles. The van der Waals surface area contributed by atoms with E-state index in [1.54, 1.807) is 48.2 Å². The Bertz CT molecular complexity index is 1770. The number of H-pyrrole nitrogens is 1. The van der Waals surface area contributed by atoms with Crippen LogP contribution >= 0.6 is 11.6 Å². The van der Waals surface area contributed by atoms with E-state index in [1.807, 2.05) is 12.1 Å². The number of hydrogen-bond acceptors (Lipinski definition) is 9. The van der Waals surface area contributed by atoms with Gasteiger partial charge in [0.15, 0.2) is 0 Å². The first-order valence-corrected chi connectivity index (χ1v) is 13.6. The predicted octanol–water partition coefficient (Wildman–Crippen LogP) is 4.05. The maximum Gasteiger partial charge on any atom is 0.411 e. The van der Waals surface area contributed by atoms with Crippen LogP contribution in [0.4, 0.5) is 10.5 Å². The molecule has 1 aliphatic heterocycles. The zero-order valence-corrected chi connectivity index (χ0v) is 23.3. The fraction of sp³-hybridized carbons (Fsp3) is 0.250. The molecule has 214 valence electrons. The Morgan fingerprint density at radius 3 is 2.81 bits per heavy atom. The molecule has 0 saturated carbocycles. The van der Waals surface area contributed by atoms with Crippen LogP contribution in [0.3, 0.4) is 0 Å². The summed E-state index contributed by atoms with van der Waals surface area (Å²) in [7, 11) is 1.60.